The highest BCUT2D eigenvalue weighted by Gasteiger charge is 2.11. The molecule has 11 heteroatoms. The Morgan fingerprint density at radius 1 is 0.868 bits per heavy atom. The molecule has 0 heterocycles. The maximum absolute atomic E-state index is 12.1. The smallest absolute Gasteiger partial charge is 0.305 e. The molecule has 0 atom stereocenters. The Balaban J connectivity index is 1.26. The zero-order chi connectivity index (χ0) is 27.3. The van der Waals surface area contributed by atoms with Gasteiger partial charge in [-0.3, -0.25) is 25.2 Å². The zero-order valence-corrected chi connectivity index (χ0v) is 24.4. The quantitative estimate of drug-likeness (QED) is 0.113. The number of esters is 1. The molecule has 38 heavy (non-hydrogen) atoms. The summed E-state index contributed by atoms with van der Waals surface area (Å²) in [7, 11) is 0. The van der Waals surface area contributed by atoms with Gasteiger partial charge in [-0.15, -0.1) is 0 Å². The lowest BCUT2D eigenvalue weighted by Gasteiger charge is -2.13. The Labute approximate surface area is 243 Å². The predicted molar refractivity (Wildman–Crippen MR) is 156 cm³/mol. The molecule has 0 fully saturated rings. The van der Waals surface area contributed by atoms with E-state index in [-0.39, 0.29) is 36.4 Å². The Morgan fingerprint density at radius 2 is 1.66 bits per heavy atom. The third kappa shape index (κ3) is 10.0. The molecule has 3 aromatic carbocycles. The second kappa shape index (κ2) is 15.4. The van der Waals surface area contributed by atoms with E-state index in [2.05, 4.69) is 48.0 Å². The average Bonchev–Trinajstić information content (AvgIpc) is 2.90. The van der Waals surface area contributed by atoms with Crippen LogP contribution in [0.15, 0.2) is 69.6 Å². The second-order valence-corrected chi connectivity index (χ2v) is 10.4. The first-order valence-electron chi connectivity index (χ1n) is 11.9. The maximum atomic E-state index is 12.1. The number of amides is 2. The van der Waals surface area contributed by atoms with Crippen molar-refractivity contribution >= 4 is 77.7 Å². The first kappa shape index (κ1) is 29.5. The Kier molecular flexibility index (Phi) is 12.0. The molecule has 3 N–H and O–H groups in total. The highest BCUT2D eigenvalue weighted by molar-refractivity contribution is 9.11. The minimum atomic E-state index is -0.487. The molecule has 0 saturated heterocycles. The van der Waals surface area contributed by atoms with Crippen molar-refractivity contribution in [1.82, 2.24) is 16.2 Å². The molecule has 0 bridgehead atoms. The minimum absolute atomic E-state index is 0.0655. The van der Waals surface area contributed by atoms with E-state index in [0.29, 0.717) is 18.8 Å². The minimum Gasteiger partial charge on any atom is -0.483 e. The number of rotatable bonds is 11. The van der Waals surface area contributed by atoms with Crippen molar-refractivity contribution in [2.24, 2.45) is 0 Å². The highest BCUT2D eigenvalue weighted by Crippen LogP contribution is 2.34. The number of fused-ring (bicyclic) bond motifs is 1. The average molecular weight is 665 g/mol. The second-order valence-electron chi connectivity index (χ2n) is 8.25. The van der Waals surface area contributed by atoms with Gasteiger partial charge in [0.15, 0.2) is 11.7 Å². The lowest BCUT2D eigenvalue weighted by Crippen LogP contribution is -2.49. The molecule has 0 saturated carbocycles. The number of thiocarbonyl (C=S) groups is 1. The summed E-state index contributed by atoms with van der Waals surface area (Å²) in [4.78, 5) is 36.0. The molecular formula is C27H27Br2N3O5S. The molecule has 0 aliphatic carbocycles. The molecule has 0 unspecified atom stereocenters. The van der Waals surface area contributed by atoms with Crippen LogP contribution in [0.3, 0.4) is 0 Å². The van der Waals surface area contributed by atoms with E-state index in [9.17, 15) is 14.4 Å². The third-order valence-electron chi connectivity index (χ3n) is 5.31. The summed E-state index contributed by atoms with van der Waals surface area (Å²) < 4.78 is 12.5. The summed E-state index contributed by atoms with van der Waals surface area (Å²) in [5.41, 5.74) is 6.02. The summed E-state index contributed by atoms with van der Waals surface area (Å²) in [5.74, 6) is -0.693. The summed E-state index contributed by atoms with van der Waals surface area (Å²) in [6, 6.07) is 19.5. The summed E-state index contributed by atoms with van der Waals surface area (Å²) in [6.45, 7) is 0.0742. The summed E-state index contributed by atoms with van der Waals surface area (Å²) in [5, 5.41) is 4.35. The van der Waals surface area contributed by atoms with E-state index in [0.717, 1.165) is 32.6 Å². The van der Waals surface area contributed by atoms with Crippen molar-refractivity contribution in [3.8, 4) is 5.75 Å². The normalized spacial score (nSPS) is 10.5. The van der Waals surface area contributed by atoms with Gasteiger partial charge >= 0.3 is 5.97 Å². The van der Waals surface area contributed by atoms with Crippen molar-refractivity contribution < 1.29 is 23.9 Å². The van der Waals surface area contributed by atoms with E-state index in [1.54, 1.807) is 6.07 Å². The number of benzene rings is 3. The molecule has 0 radical (unpaired) electrons. The van der Waals surface area contributed by atoms with E-state index >= 15 is 0 Å². The first-order valence-corrected chi connectivity index (χ1v) is 13.9. The van der Waals surface area contributed by atoms with Crippen LogP contribution in [0.2, 0.25) is 0 Å². The number of nitrogens with one attached hydrogen (secondary N) is 3. The van der Waals surface area contributed by atoms with Gasteiger partial charge < -0.3 is 14.8 Å². The van der Waals surface area contributed by atoms with Crippen LogP contribution in [-0.4, -0.2) is 36.1 Å². The van der Waals surface area contributed by atoms with Gasteiger partial charge in [-0.05, 0) is 81.9 Å². The topological polar surface area (TPSA) is 106 Å². The van der Waals surface area contributed by atoms with Crippen LogP contribution in [0.4, 0.5) is 0 Å². The number of hydrazine groups is 1. The number of ether oxygens (including phenoxy) is 2. The van der Waals surface area contributed by atoms with Crippen molar-refractivity contribution in [2.75, 3.05) is 13.2 Å². The number of hydrogen-bond acceptors (Lipinski definition) is 6. The maximum Gasteiger partial charge on any atom is 0.305 e. The van der Waals surface area contributed by atoms with Crippen LogP contribution in [0, 0.1) is 0 Å². The van der Waals surface area contributed by atoms with Crippen molar-refractivity contribution in [1.29, 1.82) is 0 Å². The lowest BCUT2D eigenvalue weighted by molar-refractivity contribution is -0.143. The lowest BCUT2D eigenvalue weighted by atomic mass is 10.1. The number of halogens is 2. The van der Waals surface area contributed by atoms with E-state index < -0.39 is 5.91 Å². The van der Waals surface area contributed by atoms with Crippen LogP contribution >= 0.6 is 44.1 Å². The summed E-state index contributed by atoms with van der Waals surface area (Å²) in [6.07, 6.45) is 2.12. The van der Waals surface area contributed by atoms with Crippen LogP contribution in [0.25, 0.3) is 10.8 Å². The van der Waals surface area contributed by atoms with Crippen LogP contribution in [0.1, 0.15) is 31.2 Å². The fraction of sp³-hybridized carbons (Fsp3) is 0.259. The molecule has 3 aromatic rings. The standard InChI is InChI=1S/C27H27Br2N3O5S/c28-20-12-13-21-19(16-20)11-14-22(26(21)29)37-17-24(34)31-32-27(38)30-23(33)9-4-10-25(35)36-15-5-8-18-6-2-1-3-7-18/h1-3,6-7,11-14,16H,4-5,8-10,15,17H2,(H,31,34)(H2,30,32,33,38). The fourth-order valence-corrected chi connectivity index (χ4v) is 4.60. The molecule has 3 rings (SSSR count). The van der Waals surface area contributed by atoms with Gasteiger partial charge in [0.25, 0.3) is 5.91 Å². The highest BCUT2D eigenvalue weighted by atomic mass is 79.9. The van der Waals surface area contributed by atoms with Gasteiger partial charge in [0.05, 0.1) is 11.1 Å². The number of hydrogen-bond donors (Lipinski definition) is 3. The molecule has 8 nitrogen and oxygen atoms in total. The number of aryl methyl sites for hydroxylation is 1. The monoisotopic (exact) mass is 663 g/mol. The molecule has 0 aromatic heterocycles. The molecule has 200 valence electrons. The van der Waals surface area contributed by atoms with Gasteiger partial charge in [0.1, 0.15) is 5.75 Å². The number of carbonyl (C=O) groups excluding carboxylic acids is 3. The largest absolute Gasteiger partial charge is 0.483 e. The zero-order valence-electron chi connectivity index (χ0n) is 20.4. The Morgan fingerprint density at radius 3 is 2.45 bits per heavy atom. The Bertz CT molecular complexity index is 1290. The van der Waals surface area contributed by atoms with Gasteiger partial charge in [-0.25, -0.2) is 0 Å². The van der Waals surface area contributed by atoms with Crippen molar-refractivity contribution in [3.63, 3.8) is 0 Å². The van der Waals surface area contributed by atoms with E-state index in [1.165, 1.54) is 5.56 Å². The molecular weight excluding hydrogens is 638 g/mol. The first-order chi connectivity index (χ1) is 18.3. The van der Waals surface area contributed by atoms with Crippen LogP contribution in [0.5, 0.6) is 5.75 Å². The fourth-order valence-electron chi connectivity index (χ4n) is 3.45. The summed E-state index contributed by atoms with van der Waals surface area (Å²) >= 11 is 12.0. The van der Waals surface area contributed by atoms with E-state index in [1.807, 2.05) is 54.6 Å². The van der Waals surface area contributed by atoms with Crippen molar-refractivity contribution in [3.05, 3.63) is 75.2 Å². The van der Waals surface area contributed by atoms with Gasteiger partial charge in [0.2, 0.25) is 5.91 Å². The van der Waals surface area contributed by atoms with Gasteiger partial charge in [-0.2, -0.15) is 0 Å². The van der Waals surface area contributed by atoms with Crippen LogP contribution in [-0.2, 0) is 25.5 Å². The molecule has 0 aliphatic rings. The third-order valence-corrected chi connectivity index (χ3v) is 6.82. The van der Waals surface area contributed by atoms with E-state index in [4.69, 9.17) is 21.7 Å². The molecule has 0 spiro atoms. The van der Waals surface area contributed by atoms with Crippen molar-refractivity contribution in [2.45, 2.75) is 32.1 Å². The molecule has 0 aliphatic heterocycles. The Hall–Kier alpha value is -3.02. The number of carbonyl (C=O) groups is 3. The molecule has 2 amide bonds. The van der Waals surface area contributed by atoms with Crippen LogP contribution < -0.4 is 20.9 Å². The van der Waals surface area contributed by atoms with Gasteiger partial charge in [-0.1, -0.05) is 58.4 Å². The predicted octanol–water partition coefficient (Wildman–Crippen LogP) is 5.11. The van der Waals surface area contributed by atoms with Gasteiger partial charge in [0, 0.05) is 17.3 Å². The SMILES string of the molecule is O=C(COc1ccc2cc(Br)ccc2c1Br)NNC(=S)NC(=O)CCCC(=O)OCCCc1ccccc1.